The van der Waals surface area contributed by atoms with Gasteiger partial charge in [-0.1, -0.05) is 30.3 Å². The van der Waals surface area contributed by atoms with E-state index in [9.17, 15) is 4.79 Å². The Hall–Kier alpha value is -1.43. The number of esters is 1. The lowest BCUT2D eigenvalue weighted by molar-refractivity contribution is -0.148. The van der Waals surface area contributed by atoms with Crippen molar-refractivity contribution in [1.29, 1.82) is 0 Å². The van der Waals surface area contributed by atoms with Gasteiger partial charge in [-0.2, -0.15) is 0 Å². The van der Waals surface area contributed by atoms with Gasteiger partial charge >= 0.3 is 5.97 Å². The molecule has 0 fully saturated rings. The molecule has 0 heterocycles. The molecule has 0 radical (unpaired) electrons. The van der Waals surface area contributed by atoms with Gasteiger partial charge < -0.3 is 20.1 Å². The Bertz CT molecular complexity index is 411. The Labute approximate surface area is 120 Å². The molecule has 1 atom stereocenters. The fourth-order valence-electron chi connectivity index (χ4n) is 2.01. The van der Waals surface area contributed by atoms with E-state index in [0.29, 0.717) is 19.6 Å². The van der Waals surface area contributed by atoms with Crippen LogP contribution in [0.3, 0.4) is 0 Å². The van der Waals surface area contributed by atoms with Crippen LogP contribution in [0, 0.1) is 0 Å². The molecule has 0 spiro atoms. The maximum Gasteiger partial charge on any atom is 0.330 e. The van der Waals surface area contributed by atoms with Crippen LogP contribution in [0.2, 0.25) is 0 Å². The number of carbonyl (C=O) groups is 1. The second-order valence-corrected chi connectivity index (χ2v) is 4.88. The van der Waals surface area contributed by atoms with E-state index in [4.69, 9.17) is 15.2 Å². The van der Waals surface area contributed by atoms with Gasteiger partial charge in [0.15, 0.2) is 0 Å². The van der Waals surface area contributed by atoms with Crippen LogP contribution in [0.1, 0.15) is 12.0 Å². The number of hydrogen-bond acceptors (Lipinski definition) is 5. The Morgan fingerprint density at radius 1 is 1.25 bits per heavy atom. The van der Waals surface area contributed by atoms with Crippen LogP contribution in [-0.2, 0) is 19.8 Å². The van der Waals surface area contributed by atoms with Gasteiger partial charge in [0.05, 0.1) is 13.7 Å². The molecule has 2 N–H and O–H groups in total. The number of likely N-dealkylation sites (N-methyl/N-ethyl adjacent to an activating group) is 1. The highest BCUT2D eigenvalue weighted by Gasteiger charge is 2.36. The van der Waals surface area contributed by atoms with E-state index in [2.05, 4.69) is 4.90 Å². The highest BCUT2D eigenvalue weighted by atomic mass is 16.5. The molecule has 1 rings (SSSR count). The van der Waals surface area contributed by atoms with E-state index in [1.54, 1.807) is 7.11 Å². The van der Waals surface area contributed by atoms with E-state index >= 15 is 0 Å². The van der Waals surface area contributed by atoms with Crippen molar-refractivity contribution < 1.29 is 14.3 Å². The number of nitrogens with two attached hydrogens (primary N) is 1. The molecule has 0 amide bonds. The second kappa shape index (κ2) is 7.99. The molecular weight excluding hydrogens is 256 g/mol. The molecule has 5 nitrogen and oxygen atoms in total. The Kier molecular flexibility index (Phi) is 6.64. The fraction of sp³-hybridized carbons (Fsp3) is 0.533. The number of rotatable bonds is 8. The van der Waals surface area contributed by atoms with Gasteiger partial charge in [-0.05, 0) is 19.0 Å². The summed E-state index contributed by atoms with van der Waals surface area (Å²) < 4.78 is 9.91. The lowest BCUT2D eigenvalue weighted by Gasteiger charge is -2.29. The summed E-state index contributed by atoms with van der Waals surface area (Å²) in [4.78, 5) is 14.2. The average Bonchev–Trinajstić information content (AvgIpc) is 2.50. The highest BCUT2D eigenvalue weighted by molar-refractivity contribution is 5.82. The summed E-state index contributed by atoms with van der Waals surface area (Å²) in [6.45, 7) is 2.13. The van der Waals surface area contributed by atoms with Crippen LogP contribution in [0.4, 0.5) is 0 Å². The third kappa shape index (κ3) is 4.30. The third-order valence-corrected chi connectivity index (χ3v) is 3.40. The normalized spacial score (nSPS) is 14.1. The van der Waals surface area contributed by atoms with Crippen molar-refractivity contribution in [1.82, 2.24) is 4.90 Å². The minimum Gasteiger partial charge on any atom is -0.467 e. The molecule has 1 aromatic rings. The summed E-state index contributed by atoms with van der Waals surface area (Å²) >= 11 is 0. The zero-order valence-corrected chi connectivity index (χ0v) is 12.5. The first-order valence-electron chi connectivity index (χ1n) is 6.65. The number of carbonyl (C=O) groups excluding carboxylic acids is 1. The summed E-state index contributed by atoms with van der Waals surface area (Å²) in [5, 5.41) is 0. The Morgan fingerprint density at radius 3 is 2.45 bits per heavy atom. The van der Waals surface area contributed by atoms with Crippen LogP contribution < -0.4 is 5.73 Å². The van der Waals surface area contributed by atoms with Crippen LogP contribution in [0.15, 0.2) is 30.3 Å². The van der Waals surface area contributed by atoms with Crippen LogP contribution in [-0.4, -0.2) is 51.8 Å². The molecule has 0 bridgehead atoms. The highest BCUT2D eigenvalue weighted by Crippen LogP contribution is 2.24. The number of ether oxygens (including phenoxy) is 2. The van der Waals surface area contributed by atoms with Crippen molar-refractivity contribution in [2.24, 2.45) is 5.73 Å². The fourth-order valence-corrected chi connectivity index (χ4v) is 2.01. The third-order valence-electron chi connectivity index (χ3n) is 3.40. The number of benzene rings is 1. The lowest BCUT2D eigenvalue weighted by atomic mass is 9.87. The van der Waals surface area contributed by atoms with Gasteiger partial charge in [0.25, 0.3) is 0 Å². The van der Waals surface area contributed by atoms with Crippen LogP contribution in [0.25, 0.3) is 0 Å². The van der Waals surface area contributed by atoms with Crippen molar-refractivity contribution in [3.05, 3.63) is 35.9 Å². The quantitative estimate of drug-likeness (QED) is 0.719. The molecule has 1 aromatic carbocycles. The molecule has 0 aliphatic heterocycles. The zero-order valence-electron chi connectivity index (χ0n) is 12.5. The predicted molar refractivity (Wildman–Crippen MR) is 78.3 cm³/mol. The molecule has 112 valence electrons. The second-order valence-electron chi connectivity index (χ2n) is 4.88. The van der Waals surface area contributed by atoms with E-state index in [-0.39, 0.29) is 0 Å². The van der Waals surface area contributed by atoms with E-state index in [0.717, 1.165) is 12.1 Å². The van der Waals surface area contributed by atoms with Crippen molar-refractivity contribution in [3.63, 3.8) is 0 Å². The molecule has 0 saturated heterocycles. The minimum atomic E-state index is -1.11. The van der Waals surface area contributed by atoms with E-state index in [1.807, 2.05) is 37.4 Å². The monoisotopic (exact) mass is 280 g/mol. The zero-order chi connectivity index (χ0) is 15.0. The minimum absolute atomic E-state index is 0.413. The van der Waals surface area contributed by atoms with Crippen molar-refractivity contribution in [2.45, 2.75) is 12.0 Å². The van der Waals surface area contributed by atoms with Gasteiger partial charge in [-0.3, -0.25) is 0 Å². The molecule has 1 unspecified atom stereocenters. The maximum atomic E-state index is 12.1. The summed E-state index contributed by atoms with van der Waals surface area (Å²) in [5.41, 5.74) is 5.97. The first kappa shape index (κ1) is 16.6. The summed E-state index contributed by atoms with van der Waals surface area (Å²) in [6, 6.07) is 9.34. The average molecular weight is 280 g/mol. The molecule has 0 aromatic heterocycles. The molecular formula is C15H24N2O3. The lowest BCUT2D eigenvalue weighted by Crippen LogP contribution is -2.48. The van der Waals surface area contributed by atoms with Gasteiger partial charge in [-0.15, -0.1) is 0 Å². The number of nitrogens with zero attached hydrogens (tertiary/aromatic N) is 1. The summed E-state index contributed by atoms with van der Waals surface area (Å²) in [7, 11) is 5.00. The Morgan fingerprint density at radius 2 is 1.90 bits per heavy atom. The van der Waals surface area contributed by atoms with Gasteiger partial charge in [0.2, 0.25) is 0 Å². The number of methoxy groups -OCH3 is 2. The molecule has 0 saturated carbocycles. The van der Waals surface area contributed by atoms with Gasteiger partial charge in [0.1, 0.15) is 5.54 Å². The molecule has 0 aliphatic carbocycles. The molecule has 0 aliphatic rings. The van der Waals surface area contributed by atoms with Crippen molar-refractivity contribution in [2.75, 3.05) is 41.0 Å². The van der Waals surface area contributed by atoms with E-state index in [1.165, 1.54) is 7.11 Å². The largest absolute Gasteiger partial charge is 0.467 e. The van der Waals surface area contributed by atoms with Crippen molar-refractivity contribution >= 4 is 5.97 Å². The van der Waals surface area contributed by atoms with Gasteiger partial charge in [-0.25, -0.2) is 4.79 Å². The first-order chi connectivity index (χ1) is 9.54. The summed E-state index contributed by atoms with van der Waals surface area (Å²) in [6.07, 6.45) is 0.490. The topological polar surface area (TPSA) is 64.8 Å². The van der Waals surface area contributed by atoms with Crippen molar-refractivity contribution in [3.8, 4) is 0 Å². The smallest absolute Gasteiger partial charge is 0.330 e. The SMILES string of the molecule is COCCN(C)CCC(N)(C(=O)OC)c1ccccc1. The van der Waals surface area contributed by atoms with Gasteiger partial charge in [0, 0.05) is 20.2 Å². The van der Waals surface area contributed by atoms with Crippen LogP contribution >= 0.6 is 0 Å². The summed E-state index contributed by atoms with van der Waals surface area (Å²) in [5.74, 6) is -0.413. The predicted octanol–water partition coefficient (Wildman–Crippen LogP) is 0.982. The molecule has 20 heavy (non-hydrogen) atoms. The number of hydrogen-bond donors (Lipinski definition) is 1. The van der Waals surface area contributed by atoms with Crippen LogP contribution in [0.5, 0.6) is 0 Å². The Balaban J connectivity index is 2.78. The first-order valence-corrected chi connectivity index (χ1v) is 6.65. The van der Waals surface area contributed by atoms with E-state index < -0.39 is 11.5 Å². The standard InChI is InChI=1S/C15H24N2O3/c1-17(11-12-19-2)10-9-15(16,14(18)20-3)13-7-5-4-6-8-13/h4-8H,9-12,16H2,1-3H3. The maximum absolute atomic E-state index is 12.1. The molecule has 5 heteroatoms.